The van der Waals surface area contributed by atoms with Gasteiger partial charge < -0.3 is 24.6 Å². The van der Waals surface area contributed by atoms with Crippen molar-refractivity contribution >= 4 is 17.4 Å². The zero-order valence-corrected chi connectivity index (χ0v) is 27.6. The van der Waals surface area contributed by atoms with Crippen LogP contribution in [0.2, 0.25) is 0 Å². The van der Waals surface area contributed by atoms with Crippen LogP contribution in [-0.2, 0) is 16.0 Å². The number of ether oxygens (including phenoxy) is 2. The highest BCUT2D eigenvalue weighted by Gasteiger charge is 2.33. The molecule has 3 aliphatic rings. The van der Waals surface area contributed by atoms with E-state index < -0.39 is 17.4 Å². The predicted octanol–water partition coefficient (Wildman–Crippen LogP) is 6.85. The van der Waals surface area contributed by atoms with Gasteiger partial charge in [0.2, 0.25) is 0 Å². The van der Waals surface area contributed by atoms with Crippen LogP contribution in [0.1, 0.15) is 71.6 Å². The summed E-state index contributed by atoms with van der Waals surface area (Å²) >= 11 is 0. The molecule has 7 rings (SSSR count). The number of fused-ring (bicyclic) bond motifs is 7. The van der Waals surface area contributed by atoms with Crippen molar-refractivity contribution in [1.82, 2.24) is 14.6 Å². The molecule has 46 heavy (non-hydrogen) atoms. The molecule has 9 nitrogen and oxygen atoms in total. The number of halogens is 1. The maximum Gasteiger partial charge on any atom is 0.308 e. The number of benzene rings is 2. The molecule has 246 valence electrons. The lowest BCUT2D eigenvalue weighted by Gasteiger charge is -2.41. The van der Waals surface area contributed by atoms with Gasteiger partial charge in [0.1, 0.15) is 5.82 Å². The number of aliphatic hydroxyl groups is 1. The van der Waals surface area contributed by atoms with Gasteiger partial charge in [0.25, 0.3) is 0 Å². The highest BCUT2D eigenvalue weighted by Crippen LogP contribution is 2.37. The van der Waals surface area contributed by atoms with Gasteiger partial charge in [-0.2, -0.15) is 9.61 Å². The fourth-order valence-electron chi connectivity index (χ4n) is 5.95. The Morgan fingerprint density at radius 2 is 1.78 bits per heavy atom. The normalized spacial score (nSPS) is 20.2. The van der Waals surface area contributed by atoms with Crippen LogP contribution in [0.4, 0.5) is 10.2 Å². The van der Waals surface area contributed by atoms with Crippen molar-refractivity contribution in [2.75, 3.05) is 24.6 Å². The summed E-state index contributed by atoms with van der Waals surface area (Å²) in [7, 11) is 0. The van der Waals surface area contributed by atoms with Crippen molar-refractivity contribution in [3.63, 3.8) is 0 Å². The third-order valence-electron chi connectivity index (χ3n) is 8.29. The molecule has 6 bridgehead atoms. The quantitative estimate of drug-likeness (QED) is 0.247. The largest absolute Gasteiger partial charge is 0.487 e. The molecular weight excluding hydrogens is 587 g/mol. The Hall–Kier alpha value is -4.02. The van der Waals surface area contributed by atoms with Crippen LogP contribution in [0.5, 0.6) is 5.75 Å². The van der Waals surface area contributed by atoms with Crippen molar-refractivity contribution in [1.29, 1.82) is 0 Å². The molecule has 3 aliphatic heterocycles. The smallest absolute Gasteiger partial charge is 0.308 e. The molecule has 2 aromatic heterocycles. The Bertz CT molecular complexity index is 1700. The first kappa shape index (κ1) is 33.3. The second-order valence-electron chi connectivity index (χ2n) is 13.6. The minimum Gasteiger partial charge on any atom is -0.487 e. The number of anilines is 1. The van der Waals surface area contributed by atoms with E-state index in [2.05, 4.69) is 11.8 Å². The second kappa shape index (κ2) is 13.4. The zero-order valence-electron chi connectivity index (χ0n) is 27.6. The Balaban J connectivity index is 0.000000775. The van der Waals surface area contributed by atoms with Gasteiger partial charge in [-0.1, -0.05) is 30.3 Å². The number of carboxylic acid groups (broad SMARTS) is 1. The van der Waals surface area contributed by atoms with E-state index in [0.29, 0.717) is 47.9 Å². The highest BCUT2D eigenvalue weighted by atomic mass is 19.1. The van der Waals surface area contributed by atoms with E-state index in [-0.39, 0.29) is 23.9 Å². The Morgan fingerprint density at radius 3 is 2.48 bits per heavy atom. The van der Waals surface area contributed by atoms with Crippen LogP contribution in [0.15, 0.2) is 48.5 Å². The summed E-state index contributed by atoms with van der Waals surface area (Å²) in [5, 5.41) is 23.2. The van der Waals surface area contributed by atoms with E-state index in [1.165, 1.54) is 6.07 Å². The molecule has 0 radical (unpaired) electrons. The standard InChI is InChI=1S/C32H35FN4O4.C4H10O/c1-20-7-6-16-40-32(3)12-14-36(15-13-32)31-25(18-29(38)39)21(2)34-28-19-27(35-37(28)31)23-9-4-8-22(17-23)24-10-5-11-26(33)30(24)41-20;1-4(2,3)5/h4-5,8-11,17,19-20H,6-7,12-16,18H2,1-3H3,(H,38,39);5H,1-3H3. The van der Waals surface area contributed by atoms with Gasteiger partial charge in [0.05, 0.1) is 29.4 Å². The van der Waals surface area contributed by atoms with E-state index in [9.17, 15) is 9.90 Å². The van der Waals surface area contributed by atoms with Gasteiger partial charge in [-0.25, -0.2) is 9.37 Å². The lowest BCUT2D eigenvalue weighted by Crippen LogP contribution is -2.45. The number of hydrogen-bond donors (Lipinski definition) is 2. The molecule has 1 atom stereocenters. The van der Waals surface area contributed by atoms with Gasteiger partial charge in [-0.05, 0) is 84.9 Å². The van der Waals surface area contributed by atoms with Crippen molar-refractivity contribution < 1.29 is 28.9 Å². The second-order valence-corrected chi connectivity index (χ2v) is 13.6. The molecule has 10 heteroatoms. The van der Waals surface area contributed by atoms with E-state index in [1.807, 2.05) is 50.2 Å². The molecule has 4 aromatic rings. The van der Waals surface area contributed by atoms with Crippen molar-refractivity contribution in [2.45, 2.75) is 91.0 Å². The Kier molecular flexibility index (Phi) is 9.70. The number of piperidine rings is 1. The first-order chi connectivity index (χ1) is 21.7. The molecule has 1 saturated heterocycles. The molecule has 0 spiro atoms. The topological polar surface area (TPSA) is 109 Å². The molecule has 0 saturated carbocycles. The highest BCUT2D eigenvalue weighted by molar-refractivity contribution is 5.78. The number of carboxylic acids is 1. The number of aryl methyl sites for hydroxylation is 1. The van der Waals surface area contributed by atoms with Gasteiger partial charge in [0.15, 0.2) is 17.2 Å². The van der Waals surface area contributed by atoms with Gasteiger partial charge in [0, 0.05) is 48.1 Å². The van der Waals surface area contributed by atoms with Gasteiger partial charge in [-0.15, -0.1) is 0 Å². The van der Waals surface area contributed by atoms with E-state index in [0.717, 1.165) is 42.6 Å². The summed E-state index contributed by atoms with van der Waals surface area (Å²) in [6, 6.07) is 14.7. The average Bonchev–Trinajstić information content (AvgIpc) is 3.40. The average molecular weight is 633 g/mol. The van der Waals surface area contributed by atoms with Crippen molar-refractivity contribution in [3.05, 3.63) is 65.6 Å². The molecule has 1 fully saturated rings. The minimum absolute atomic E-state index is 0.139. The predicted molar refractivity (Wildman–Crippen MR) is 177 cm³/mol. The number of aliphatic carboxylic acids is 1. The fraction of sp³-hybridized carbons (Fsp3) is 0.472. The van der Waals surface area contributed by atoms with Crippen LogP contribution in [-0.4, -0.2) is 67.8 Å². The summed E-state index contributed by atoms with van der Waals surface area (Å²) in [6.45, 7) is 13.2. The molecule has 2 aromatic carbocycles. The maximum atomic E-state index is 15.1. The number of para-hydroxylation sites is 1. The number of hydrogen-bond acceptors (Lipinski definition) is 7. The minimum atomic E-state index is -0.909. The molecule has 1 unspecified atom stereocenters. The monoisotopic (exact) mass is 632 g/mol. The first-order valence-corrected chi connectivity index (χ1v) is 16.0. The molecule has 0 aliphatic carbocycles. The molecular formula is C36H45FN4O5. The SMILES string of the molecule is CC(C)(C)O.Cc1nc2cc3nn2c(c1CC(=O)O)N1CCC(C)(CC1)OCCCC(C)Oc1c(F)cccc1-c1cccc-3c1. The number of carbonyl (C=O) groups is 1. The molecule has 0 amide bonds. The third kappa shape index (κ3) is 7.85. The van der Waals surface area contributed by atoms with E-state index in [1.54, 1.807) is 31.4 Å². The van der Waals surface area contributed by atoms with Crippen LogP contribution < -0.4 is 9.64 Å². The van der Waals surface area contributed by atoms with Crippen LogP contribution >= 0.6 is 0 Å². The molecule has 5 heterocycles. The van der Waals surface area contributed by atoms with Gasteiger partial charge in [-0.3, -0.25) is 4.79 Å². The summed E-state index contributed by atoms with van der Waals surface area (Å²) < 4.78 is 29.5. The lowest BCUT2D eigenvalue weighted by molar-refractivity contribution is -0.136. The summed E-state index contributed by atoms with van der Waals surface area (Å²) in [4.78, 5) is 18.9. The van der Waals surface area contributed by atoms with E-state index >= 15 is 4.39 Å². The number of nitrogens with zero attached hydrogens (tertiary/aromatic N) is 4. The number of aromatic nitrogens is 3. The van der Waals surface area contributed by atoms with Gasteiger partial charge >= 0.3 is 5.97 Å². The van der Waals surface area contributed by atoms with E-state index in [4.69, 9.17) is 24.7 Å². The maximum absolute atomic E-state index is 15.1. The molecule has 2 N–H and O–H groups in total. The van der Waals surface area contributed by atoms with Crippen LogP contribution in [0.25, 0.3) is 28.0 Å². The summed E-state index contributed by atoms with van der Waals surface area (Å²) in [5.74, 6) is -0.300. The zero-order chi connectivity index (χ0) is 33.2. The summed E-state index contributed by atoms with van der Waals surface area (Å²) in [5.41, 5.74) is 4.23. The fourth-order valence-corrected chi connectivity index (χ4v) is 5.95. The van der Waals surface area contributed by atoms with Crippen molar-refractivity contribution in [2.24, 2.45) is 0 Å². The first-order valence-electron chi connectivity index (χ1n) is 16.0. The third-order valence-corrected chi connectivity index (χ3v) is 8.29. The van der Waals surface area contributed by atoms with Crippen LogP contribution in [0, 0.1) is 12.7 Å². The van der Waals surface area contributed by atoms with Crippen molar-refractivity contribution in [3.8, 4) is 28.1 Å². The Morgan fingerprint density at radius 1 is 1.11 bits per heavy atom. The lowest BCUT2D eigenvalue weighted by atomic mass is 9.92. The van der Waals surface area contributed by atoms with Crippen LogP contribution in [0.3, 0.4) is 0 Å². The summed E-state index contributed by atoms with van der Waals surface area (Å²) in [6.07, 6.45) is 2.79. The number of rotatable bonds is 2. The Labute approximate surface area is 270 Å².